The number of hydrogen-bond donors (Lipinski definition) is 0. The van der Waals surface area contributed by atoms with E-state index in [1.165, 1.54) is 17.2 Å². The number of furan rings is 1. The Hall–Kier alpha value is -3.65. The van der Waals surface area contributed by atoms with E-state index in [4.69, 9.17) is 13.9 Å². The van der Waals surface area contributed by atoms with Crippen LogP contribution in [0.1, 0.15) is 21.7 Å². The second-order valence-corrected chi connectivity index (χ2v) is 7.77. The van der Waals surface area contributed by atoms with Gasteiger partial charge in [0.2, 0.25) is 5.91 Å². The summed E-state index contributed by atoms with van der Waals surface area (Å²) in [4.78, 5) is 29.1. The number of para-hydroxylation sites is 1. The van der Waals surface area contributed by atoms with E-state index in [0.717, 1.165) is 5.56 Å². The van der Waals surface area contributed by atoms with E-state index in [-0.39, 0.29) is 43.7 Å². The van der Waals surface area contributed by atoms with Crippen molar-refractivity contribution < 1.29 is 27.9 Å². The van der Waals surface area contributed by atoms with E-state index < -0.39 is 12.0 Å². The molecule has 8 heteroatoms. The van der Waals surface area contributed by atoms with Gasteiger partial charge in [-0.25, -0.2) is 4.39 Å². The first-order valence-corrected chi connectivity index (χ1v) is 10.6. The van der Waals surface area contributed by atoms with Gasteiger partial charge >= 0.3 is 0 Å². The van der Waals surface area contributed by atoms with Crippen molar-refractivity contribution in [2.75, 3.05) is 26.7 Å². The lowest BCUT2D eigenvalue weighted by atomic mass is 10.1. The van der Waals surface area contributed by atoms with Gasteiger partial charge in [0.1, 0.15) is 18.1 Å². The molecule has 0 saturated carbocycles. The first kappa shape index (κ1) is 22.5. The highest BCUT2D eigenvalue weighted by atomic mass is 19.1. The predicted octanol–water partition coefficient (Wildman–Crippen LogP) is 3.50. The normalized spacial score (nSPS) is 16.5. The summed E-state index contributed by atoms with van der Waals surface area (Å²) in [5.41, 5.74) is 1.25. The zero-order valence-electron chi connectivity index (χ0n) is 18.3. The van der Waals surface area contributed by atoms with E-state index in [9.17, 15) is 14.0 Å². The van der Waals surface area contributed by atoms with Gasteiger partial charge in [-0.05, 0) is 24.3 Å². The number of hydrogen-bond acceptors (Lipinski definition) is 5. The molecule has 1 aromatic heterocycles. The van der Waals surface area contributed by atoms with Crippen LogP contribution in [0.25, 0.3) is 0 Å². The molecule has 1 unspecified atom stereocenters. The number of methoxy groups -OCH3 is 1. The number of ether oxygens (including phenoxy) is 2. The van der Waals surface area contributed by atoms with Crippen molar-refractivity contribution in [3.05, 3.63) is 89.6 Å². The molecule has 2 amide bonds. The molecule has 1 fully saturated rings. The fraction of sp³-hybridized carbons (Fsp3) is 0.280. The lowest BCUT2D eigenvalue weighted by Crippen LogP contribution is -2.39. The molecule has 1 atom stereocenters. The molecule has 0 bridgehead atoms. The van der Waals surface area contributed by atoms with Crippen LogP contribution in [0.15, 0.2) is 71.3 Å². The maximum atomic E-state index is 14.1. The Balaban J connectivity index is 1.56. The minimum Gasteiger partial charge on any atom is -0.496 e. The van der Waals surface area contributed by atoms with Gasteiger partial charge in [-0.2, -0.15) is 0 Å². The van der Waals surface area contributed by atoms with Crippen molar-refractivity contribution >= 4 is 11.8 Å². The van der Waals surface area contributed by atoms with Crippen LogP contribution in [0.3, 0.4) is 0 Å². The summed E-state index contributed by atoms with van der Waals surface area (Å²) in [5, 5.41) is 0. The minimum atomic E-state index is -0.523. The summed E-state index contributed by atoms with van der Waals surface area (Å²) >= 11 is 0. The molecule has 33 heavy (non-hydrogen) atoms. The maximum Gasteiger partial charge on any atom is 0.290 e. The molecule has 3 aromatic rings. The molecule has 0 radical (unpaired) electrons. The summed E-state index contributed by atoms with van der Waals surface area (Å²) in [6, 6.07) is 17.0. The van der Waals surface area contributed by atoms with Crippen LogP contribution in [0.5, 0.6) is 5.75 Å². The topological polar surface area (TPSA) is 72.2 Å². The molecule has 1 aliphatic heterocycles. The van der Waals surface area contributed by atoms with E-state index in [0.29, 0.717) is 17.9 Å². The number of benzene rings is 2. The van der Waals surface area contributed by atoms with E-state index >= 15 is 0 Å². The quantitative estimate of drug-likeness (QED) is 0.549. The number of amides is 2. The first-order valence-electron chi connectivity index (χ1n) is 10.6. The third-order valence-corrected chi connectivity index (χ3v) is 5.53. The summed E-state index contributed by atoms with van der Waals surface area (Å²) in [6.45, 7) is 0.617. The van der Waals surface area contributed by atoms with Crippen LogP contribution in [0, 0.1) is 5.82 Å². The molecule has 2 heterocycles. The molecule has 1 saturated heterocycles. The van der Waals surface area contributed by atoms with Crippen molar-refractivity contribution in [2.45, 2.75) is 19.3 Å². The smallest absolute Gasteiger partial charge is 0.290 e. The fourth-order valence-corrected chi connectivity index (χ4v) is 3.81. The van der Waals surface area contributed by atoms with E-state index in [1.54, 1.807) is 42.3 Å². The lowest BCUT2D eigenvalue weighted by molar-refractivity contribution is -0.132. The molecule has 7 nitrogen and oxygen atoms in total. The molecule has 1 aliphatic rings. The van der Waals surface area contributed by atoms with Crippen molar-refractivity contribution in [2.24, 2.45) is 0 Å². The van der Waals surface area contributed by atoms with Gasteiger partial charge in [0.25, 0.3) is 5.91 Å². The molecule has 0 spiro atoms. The maximum absolute atomic E-state index is 14.1. The standard InChI is InChI=1S/C25H25FN2O5/c1-31-22-10-5-3-7-18(22)13-27-14-20(33-17-19-8-2-4-9-21(19)26)15-28(16-24(27)29)25(30)23-11-6-12-32-23/h2-12,20H,13-17H2,1H3. The largest absolute Gasteiger partial charge is 0.496 e. The molecule has 172 valence electrons. The van der Waals surface area contributed by atoms with Crippen LogP contribution >= 0.6 is 0 Å². The van der Waals surface area contributed by atoms with E-state index in [1.807, 2.05) is 24.3 Å². The van der Waals surface area contributed by atoms with Crippen LogP contribution < -0.4 is 4.74 Å². The van der Waals surface area contributed by atoms with Crippen LogP contribution in [0.2, 0.25) is 0 Å². The molecule has 0 aliphatic carbocycles. The Labute approximate surface area is 191 Å². The highest BCUT2D eigenvalue weighted by Crippen LogP contribution is 2.22. The zero-order valence-corrected chi connectivity index (χ0v) is 18.3. The Bertz CT molecular complexity index is 1100. The summed E-state index contributed by atoms with van der Waals surface area (Å²) in [6.07, 6.45) is 0.886. The Morgan fingerprint density at radius 3 is 2.55 bits per heavy atom. The summed E-state index contributed by atoms with van der Waals surface area (Å²) < 4.78 is 30.8. The van der Waals surface area contributed by atoms with Crippen LogP contribution in [0.4, 0.5) is 4.39 Å². The average Bonchev–Trinajstić information content (AvgIpc) is 3.32. The SMILES string of the molecule is COc1ccccc1CN1CC(OCc2ccccc2F)CN(C(=O)c2ccco2)CC1=O. The number of rotatable bonds is 7. The second-order valence-electron chi connectivity index (χ2n) is 7.77. The number of halogens is 1. The third kappa shape index (κ3) is 5.40. The van der Waals surface area contributed by atoms with Gasteiger partial charge in [0.15, 0.2) is 5.76 Å². The van der Waals surface area contributed by atoms with Crippen LogP contribution in [-0.2, 0) is 22.7 Å². The molecule has 2 aromatic carbocycles. The van der Waals surface area contributed by atoms with Gasteiger partial charge in [-0.15, -0.1) is 0 Å². The number of nitrogens with zero attached hydrogens (tertiary/aromatic N) is 2. The Morgan fingerprint density at radius 1 is 1.06 bits per heavy atom. The van der Waals surface area contributed by atoms with Gasteiger partial charge in [0, 0.05) is 30.8 Å². The number of carbonyl (C=O) groups is 2. The van der Waals surface area contributed by atoms with Gasteiger partial charge in [-0.3, -0.25) is 9.59 Å². The Kier molecular flexibility index (Phi) is 7.04. The monoisotopic (exact) mass is 452 g/mol. The zero-order chi connectivity index (χ0) is 23.2. The number of carbonyl (C=O) groups excluding carboxylic acids is 2. The van der Waals surface area contributed by atoms with Crippen molar-refractivity contribution in [1.82, 2.24) is 9.80 Å². The molecule has 4 rings (SSSR count). The molecular weight excluding hydrogens is 427 g/mol. The van der Waals surface area contributed by atoms with Gasteiger partial charge < -0.3 is 23.7 Å². The van der Waals surface area contributed by atoms with Gasteiger partial charge in [0.05, 0.1) is 26.1 Å². The van der Waals surface area contributed by atoms with Crippen LogP contribution in [-0.4, -0.2) is 54.5 Å². The lowest BCUT2D eigenvalue weighted by Gasteiger charge is -2.25. The highest BCUT2D eigenvalue weighted by Gasteiger charge is 2.32. The minimum absolute atomic E-state index is 0.0246. The molecule has 0 N–H and O–H groups in total. The van der Waals surface area contributed by atoms with Crippen molar-refractivity contribution in [3.8, 4) is 5.75 Å². The summed E-state index contributed by atoms with van der Waals surface area (Å²) in [5.74, 6) is -0.169. The Morgan fingerprint density at radius 2 is 1.82 bits per heavy atom. The average molecular weight is 452 g/mol. The predicted molar refractivity (Wildman–Crippen MR) is 118 cm³/mol. The second kappa shape index (κ2) is 10.3. The van der Waals surface area contributed by atoms with Crippen molar-refractivity contribution in [3.63, 3.8) is 0 Å². The third-order valence-electron chi connectivity index (χ3n) is 5.53. The summed E-state index contributed by atoms with van der Waals surface area (Å²) in [7, 11) is 1.58. The van der Waals surface area contributed by atoms with Crippen molar-refractivity contribution in [1.29, 1.82) is 0 Å². The first-order chi connectivity index (χ1) is 16.0. The molecular formula is C25H25FN2O5. The highest BCUT2D eigenvalue weighted by molar-refractivity contribution is 5.94. The van der Waals surface area contributed by atoms with E-state index in [2.05, 4.69) is 0 Å². The van der Waals surface area contributed by atoms with Gasteiger partial charge in [-0.1, -0.05) is 36.4 Å². The fourth-order valence-electron chi connectivity index (χ4n) is 3.81.